The van der Waals surface area contributed by atoms with Crippen molar-refractivity contribution in [2.24, 2.45) is 0 Å². The summed E-state index contributed by atoms with van der Waals surface area (Å²) < 4.78 is 27.5. The highest BCUT2D eigenvalue weighted by atomic mass is 35.5. The van der Waals surface area contributed by atoms with Crippen molar-refractivity contribution in [1.82, 2.24) is 14.1 Å². The molecule has 0 spiro atoms. The number of rotatable bonds is 5. The quantitative estimate of drug-likeness (QED) is 0.694. The largest absolute Gasteiger partial charge is 0.347 e. The fourth-order valence-electron chi connectivity index (χ4n) is 3.45. The van der Waals surface area contributed by atoms with Gasteiger partial charge in [0.1, 0.15) is 10.9 Å². The second-order valence-electron chi connectivity index (χ2n) is 7.04. The van der Waals surface area contributed by atoms with Gasteiger partial charge in [0.2, 0.25) is 15.9 Å². The SMILES string of the molecule is CN(C)C(=O)C(c1ccccc1)N1CCN(S(=O)(=O)c2c(Cl)cccc2Cl)CC1. The predicted octanol–water partition coefficient (Wildman–Crippen LogP) is 3.13. The lowest BCUT2D eigenvalue weighted by molar-refractivity contribution is -0.135. The molecule has 1 aliphatic rings. The molecular weight excluding hydrogens is 433 g/mol. The van der Waals surface area contributed by atoms with Crippen LogP contribution in [0, 0.1) is 0 Å². The number of hydrogen-bond donors (Lipinski definition) is 0. The average Bonchev–Trinajstić information content (AvgIpc) is 2.69. The molecule has 156 valence electrons. The second kappa shape index (κ2) is 9.02. The number of sulfonamides is 1. The zero-order valence-corrected chi connectivity index (χ0v) is 18.6. The maximum atomic E-state index is 13.1. The lowest BCUT2D eigenvalue weighted by Gasteiger charge is -2.39. The van der Waals surface area contributed by atoms with Crippen molar-refractivity contribution in [3.8, 4) is 0 Å². The van der Waals surface area contributed by atoms with E-state index in [0.717, 1.165) is 5.56 Å². The molecule has 1 heterocycles. The summed E-state index contributed by atoms with van der Waals surface area (Å²) in [5.74, 6) is -0.0401. The number of hydrogen-bond acceptors (Lipinski definition) is 4. The third-order valence-corrected chi connectivity index (χ3v) is 7.80. The first-order valence-electron chi connectivity index (χ1n) is 9.18. The zero-order valence-electron chi connectivity index (χ0n) is 16.3. The maximum absolute atomic E-state index is 13.1. The van der Waals surface area contributed by atoms with Gasteiger partial charge in [-0.3, -0.25) is 9.69 Å². The van der Waals surface area contributed by atoms with Crippen LogP contribution < -0.4 is 0 Å². The minimum Gasteiger partial charge on any atom is -0.347 e. The van der Waals surface area contributed by atoms with Crippen LogP contribution in [0.15, 0.2) is 53.4 Å². The number of halogens is 2. The third-order valence-electron chi connectivity index (χ3n) is 4.95. The fourth-order valence-corrected chi connectivity index (χ4v) is 5.96. The molecule has 1 unspecified atom stereocenters. The Hall–Kier alpha value is -1.64. The van der Waals surface area contributed by atoms with Gasteiger partial charge < -0.3 is 4.90 Å². The van der Waals surface area contributed by atoms with E-state index in [1.807, 2.05) is 35.2 Å². The fraction of sp³-hybridized carbons (Fsp3) is 0.350. The number of likely N-dealkylation sites (N-methyl/N-ethyl adjacent to an activating group) is 1. The van der Waals surface area contributed by atoms with E-state index in [0.29, 0.717) is 13.1 Å². The summed E-state index contributed by atoms with van der Waals surface area (Å²) in [5.41, 5.74) is 0.886. The minimum absolute atomic E-state index is 0.0401. The first-order chi connectivity index (χ1) is 13.7. The van der Waals surface area contributed by atoms with E-state index in [9.17, 15) is 13.2 Å². The number of nitrogens with zero attached hydrogens (tertiary/aromatic N) is 3. The highest BCUT2D eigenvalue weighted by molar-refractivity contribution is 7.89. The Kier molecular flexibility index (Phi) is 6.86. The Balaban J connectivity index is 1.82. The highest BCUT2D eigenvalue weighted by Crippen LogP contribution is 2.33. The average molecular weight is 456 g/mol. The Morgan fingerprint density at radius 2 is 1.48 bits per heavy atom. The van der Waals surface area contributed by atoms with E-state index in [2.05, 4.69) is 0 Å². The molecule has 0 aromatic heterocycles. The summed E-state index contributed by atoms with van der Waals surface area (Å²) in [6.07, 6.45) is 0. The van der Waals surface area contributed by atoms with Gasteiger partial charge in [0, 0.05) is 40.3 Å². The number of amides is 1. The van der Waals surface area contributed by atoms with E-state index >= 15 is 0 Å². The van der Waals surface area contributed by atoms with Gasteiger partial charge in [-0.25, -0.2) is 8.42 Å². The molecule has 0 bridgehead atoms. The van der Waals surface area contributed by atoms with E-state index in [4.69, 9.17) is 23.2 Å². The molecule has 0 aliphatic carbocycles. The van der Waals surface area contributed by atoms with E-state index in [-0.39, 0.29) is 33.9 Å². The van der Waals surface area contributed by atoms with Crippen LogP contribution in [-0.4, -0.2) is 68.7 Å². The van der Waals surface area contributed by atoms with E-state index in [1.54, 1.807) is 25.1 Å². The lowest BCUT2D eigenvalue weighted by atomic mass is 10.0. The number of carbonyl (C=O) groups excluding carboxylic acids is 1. The number of carbonyl (C=O) groups is 1. The van der Waals surface area contributed by atoms with Crippen molar-refractivity contribution in [3.05, 3.63) is 64.1 Å². The summed E-state index contributed by atoms with van der Waals surface area (Å²) >= 11 is 12.2. The van der Waals surface area contributed by atoms with Crippen molar-refractivity contribution in [2.75, 3.05) is 40.3 Å². The van der Waals surface area contributed by atoms with Crippen molar-refractivity contribution in [2.45, 2.75) is 10.9 Å². The van der Waals surface area contributed by atoms with Gasteiger partial charge in [0.15, 0.2) is 0 Å². The molecule has 0 radical (unpaired) electrons. The summed E-state index contributed by atoms with van der Waals surface area (Å²) in [4.78, 5) is 16.4. The molecule has 2 aromatic rings. The van der Waals surface area contributed by atoms with Crippen molar-refractivity contribution in [1.29, 1.82) is 0 Å². The lowest BCUT2D eigenvalue weighted by Crippen LogP contribution is -2.52. The van der Waals surface area contributed by atoms with Gasteiger partial charge >= 0.3 is 0 Å². The van der Waals surface area contributed by atoms with Crippen molar-refractivity contribution < 1.29 is 13.2 Å². The molecule has 2 aromatic carbocycles. The molecule has 1 saturated heterocycles. The standard InChI is InChI=1S/C20H23Cl2N3O3S/c1-23(2)20(26)18(15-7-4-3-5-8-15)24-11-13-25(14-12-24)29(27,28)19-16(21)9-6-10-17(19)22/h3-10,18H,11-14H2,1-2H3. The molecule has 0 N–H and O–H groups in total. The van der Waals surface area contributed by atoms with Crippen molar-refractivity contribution in [3.63, 3.8) is 0 Å². The van der Waals surface area contributed by atoms with E-state index in [1.165, 1.54) is 16.4 Å². The van der Waals surface area contributed by atoms with Crippen LogP contribution >= 0.6 is 23.2 Å². The number of benzene rings is 2. The van der Waals surface area contributed by atoms with Crippen LogP contribution in [0.2, 0.25) is 10.0 Å². The molecule has 29 heavy (non-hydrogen) atoms. The number of piperazine rings is 1. The van der Waals surface area contributed by atoms with E-state index < -0.39 is 16.1 Å². The Labute approximate surface area is 181 Å². The summed E-state index contributed by atoms with van der Waals surface area (Å²) in [5, 5.41) is 0.203. The van der Waals surface area contributed by atoms with Gasteiger partial charge in [-0.2, -0.15) is 4.31 Å². The van der Waals surface area contributed by atoms with Crippen LogP contribution in [0.1, 0.15) is 11.6 Å². The molecule has 6 nitrogen and oxygen atoms in total. The minimum atomic E-state index is -3.83. The van der Waals surface area contributed by atoms with Crippen LogP contribution in [0.5, 0.6) is 0 Å². The molecule has 1 fully saturated rings. The first-order valence-corrected chi connectivity index (χ1v) is 11.4. The molecule has 1 aliphatic heterocycles. The van der Waals surface area contributed by atoms with Crippen LogP contribution in [0.3, 0.4) is 0 Å². The highest BCUT2D eigenvalue weighted by Gasteiger charge is 2.36. The smallest absolute Gasteiger partial charge is 0.246 e. The van der Waals surface area contributed by atoms with Crippen LogP contribution in [-0.2, 0) is 14.8 Å². The topological polar surface area (TPSA) is 60.9 Å². The van der Waals surface area contributed by atoms with Gasteiger partial charge in [-0.05, 0) is 17.7 Å². The van der Waals surface area contributed by atoms with Crippen LogP contribution in [0.4, 0.5) is 0 Å². The Bertz CT molecular complexity index is 955. The predicted molar refractivity (Wildman–Crippen MR) is 115 cm³/mol. The molecule has 1 amide bonds. The zero-order chi connectivity index (χ0) is 21.2. The Morgan fingerprint density at radius 3 is 2.00 bits per heavy atom. The summed E-state index contributed by atoms with van der Waals surface area (Å²) in [7, 11) is -0.385. The third kappa shape index (κ3) is 4.59. The molecule has 0 saturated carbocycles. The van der Waals surface area contributed by atoms with Gasteiger partial charge in [-0.15, -0.1) is 0 Å². The van der Waals surface area contributed by atoms with Gasteiger partial charge in [0.25, 0.3) is 0 Å². The Morgan fingerprint density at radius 1 is 0.931 bits per heavy atom. The molecule has 9 heteroatoms. The normalized spacial score (nSPS) is 17.1. The second-order valence-corrected chi connectivity index (χ2v) is 9.73. The summed E-state index contributed by atoms with van der Waals surface area (Å²) in [6.45, 7) is 1.32. The van der Waals surface area contributed by atoms with Crippen molar-refractivity contribution >= 4 is 39.1 Å². The molecule has 1 atom stereocenters. The molecule has 3 rings (SSSR count). The first kappa shape index (κ1) is 22.1. The molecular formula is C20H23Cl2N3O3S. The maximum Gasteiger partial charge on any atom is 0.246 e. The van der Waals surface area contributed by atoms with Crippen LogP contribution in [0.25, 0.3) is 0 Å². The van der Waals surface area contributed by atoms with Gasteiger partial charge in [-0.1, -0.05) is 59.6 Å². The van der Waals surface area contributed by atoms with Gasteiger partial charge in [0.05, 0.1) is 10.0 Å². The summed E-state index contributed by atoms with van der Waals surface area (Å²) in [6, 6.07) is 13.7. The monoisotopic (exact) mass is 455 g/mol.